The van der Waals surface area contributed by atoms with Crippen LogP contribution in [0.3, 0.4) is 0 Å². The van der Waals surface area contributed by atoms with Crippen molar-refractivity contribution in [3.05, 3.63) is 112 Å². The fourth-order valence-corrected chi connectivity index (χ4v) is 7.12. The van der Waals surface area contributed by atoms with Gasteiger partial charge in [-0.15, -0.1) is 0 Å². The Kier molecular flexibility index (Phi) is 17.3. The molecule has 8 N–H and O–H groups in total. The molecule has 0 spiro atoms. The standard InChI is InChI=1S/C43H60N2O12/c1-9-11-13-21-31-42(6,7)38(50)39(51)43(54,57-31)28(10-2)40(52)44-23-17-16-19-26(4)36(55-8)27(5)37-35(49)34(48)30(56-37)20-15-12-14-18-25(3)33(47)32-29(46)22-24-45-41(32)53/h9,11-22,24,27-28,30-31,34-39,48-51,54H,10,23H2,1-8H3,(H,44,52)(H2,45,46,53)/b11-9-,14-12-,17-16-,20-15-,21-13-,25-18-,26-19-. The summed E-state index contributed by atoms with van der Waals surface area (Å²) in [6, 6.07) is 1.22. The van der Waals surface area contributed by atoms with Crippen molar-refractivity contribution in [1.29, 1.82) is 0 Å². The highest BCUT2D eigenvalue weighted by Crippen LogP contribution is 2.44. The lowest BCUT2D eigenvalue weighted by atomic mass is 9.71. The van der Waals surface area contributed by atoms with Gasteiger partial charge in [-0.1, -0.05) is 101 Å². The summed E-state index contributed by atoms with van der Waals surface area (Å²) in [4.78, 5) is 40.2. The fourth-order valence-electron chi connectivity index (χ4n) is 7.12. The highest BCUT2D eigenvalue weighted by Gasteiger charge is 2.60. The Morgan fingerprint density at radius 2 is 1.68 bits per heavy atom. The third-order valence-electron chi connectivity index (χ3n) is 10.7. The molecule has 0 saturated carbocycles. The van der Waals surface area contributed by atoms with Crippen LogP contribution >= 0.6 is 0 Å². The first-order valence-electron chi connectivity index (χ1n) is 19.1. The molecule has 1 aromatic rings. The molecule has 3 rings (SSSR count). The number of aromatic nitrogens is 1. The molecule has 14 nitrogen and oxygen atoms in total. The number of aromatic hydroxyl groups is 1. The molecule has 3 heterocycles. The molecule has 14 heteroatoms. The maximum atomic E-state index is 13.3. The summed E-state index contributed by atoms with van der Waals surface area (Å²) < 4.78 is 17.8. The number of aliphatic hydroxyl groups excluding tert-OH is 4. The molecular formula is C43H60N2O12. The van der Waals surface area contributed by atoms with Gasteiger partial charge in [0.2, 0.25) is 11.7 Å². The molecule has 2 aliphatic heterocycles. The molecule has 0 radical (unpaired) electrons. The van der Waals surface area contributed by atoms with E-state index in [1.165, 1.54) is 32.4 Å². The third-order valence-corrected chi connectivity index (χ3v) is 10.7. The minimum absolute atomic E-state index is 0.0817. The minimum atomic E-state index is -2.34. The van der Waals surface area contributed by atoms with Crippen LogP contribution in [0.15, 0.2) is 101 Å². The van der Waals surface area contributed by atoms with E-state index in [9.17, 15) is 45.0 Å². The molecular weight excluding hydrogens is 736 g/mol. The van der Waals surface area contributed by atoms with Crippen LogP contribution in [0.25, 0.3) is 0 Å². The van der Waals surface area contributed by atoms with E-state index < -0.39 is 94.9 Å². The van der Waals surface area contributed by atoms with E-state index in [2.05, 4.69) is 10.3 Å². The van der Waals surface area contributed by atoms with Crippen molar-refractivity contribution in [3.63, 3.8) is 0 Å². The summed E-state index contributed by atoms with van der Waals surface area (Å²) in [5.74, 6) is -5.55. The van der Waals surface area contributed by atoms with Gasteiger partial charge in [-0.05, 0) is 44.4 Å². The van der Waals surface area contributed by atoms with E-state index in [0.29, 0.717) is 0 Å². The fraction of sp³-hybridized carbons (Fsp3) is 0.512. The molecule has 2 aliphatic rings. The topological polar surface area (TPSA) is 228 Å². The lowest BCUT2D eigenvalue weighted by Crippen LogP contribution is -2.69. The third kappa shape index (κ3) is 11.0. The zero-order chi connectivity index (χ0) is 42.7. The van der Waals surface area contributed by atoms with Crippen molar-refractivity contribution in [2.45, 2.75) is 110 Å². The normalized spacial score (nSPS) is 30.2. The number of aromatic amines is 1. The number of aliphatic hydroxyl groups is 5. The first-order chi connectivity index (χ1) is 26.9. The average Bonchev–Trinajstić information content (AvgIpc) is 3.45. The minimum Gasteiger partial charge on any atom is -0.507 e. The highest BCUT2D eigenvalue weighted by atomic mass is 16.7. The lowest BCUT2D eigenvalue weighted by molar-refractivity contribution is -0.359. The van der Waals surface area contributed by atoms with Crippen LogP contribution in [0, 0.1) is 17.3 Å². The van der Waals surface area contributed by atoms with Gasteiger partial charge < -0.3 is 55.2 Å². The van der Waals surface area contributed by atoms with Crippen LogP contribution in [-0.2, 0) is 19.0 Å². The van der Waals surface area contributed by atoms with Crippen LogP contribution < -0.4 is 10.9 Å². The second-order valence-electron chi connectivity index (χ2n) is 15.0. The van der Waals surface area contributed by atoms with Crippen LogP contribution in [0.1, 0.15) is 65.2 Å². The largest absolute Gasteiger partial charge is 0.507 e. The maximum absolute atomic E-state index is 13.3. The van der Waals surface area contributed by atoms with Crippen molar-refractivity contribution >= 4 is 11.7 Å². The molecule has 0 aromatic carbocycles. The van der Waals surface area contributed by atoms with Gasteiger partial charge in [0, 0.05) is 31.2 Å². The predicted octanol–water partition coefficient (Wildman–Crippen LogP) is 3.07. The monoisotopic (exact) mass is 796 g/mol. The molecule has 57 heavy (non-hydrogen) atoms. The Balaban J connectivity index is 1.60. The number of methoxy groups -OCH3 is 1. The van der Waals surface area contributed by atoms with Gasteiger partial charge in [-0.3, -0.25) is 14.4 Å². The van der Waals surface area contributed by atoms with Crippen molar-refractivity contribution in [1.82, 2.24) is 10.3 Å². The van der Waals surface area contributed by atoms with Crippen molar-refractivity contribution < 1.29 is 54.4 Å². The summed E-state index contributed by atoms with van der Waals surface area (Å²) in [5, 5.41) is 67.8. The Labute approximate surface area is 334 Å². The number of amides is 1. The van der Waals surface area contributed by atoms with Gasteiger partial charge >= 0.3 is 0 Å². The smallest absolute Gasteiger partial charge is 0.262 e. The van der Waals surface area contributed by atoms with Crippen molar-refractivity contribution in [2.24, 2.45) is 17.3 Å². The molecule has 2 fully saturated rings. The van der Waals surface area contributed by atoms with Gasteiger partial charge in [0.15, 0.2) is 5.78 Å². The number of rotatable bonds is 17. The van der Waals surface area contributed by atoms with Gasteiger partial charge in [-0.25, -0.2) is 0 Å². The predicted molar refractivity (Wildman–Crippen MR) is 215 cm³/mol. The summed E-state index contributed by atoms with van der Waals surface area (Å²) >= 11 is 0. The average molecular weight is 797 g/mol. The summed E-state index contributed by atoms with van der Waals surface area (Å²) in [6.45, 7) is 12.2. The first-order valence-corrected chi connectivity index (χ1v) is 19.1. The number of allylic oxidation sites excluding steroid dienone is 10. The molecule has 314 valence electrons. The molecule has 1 amide bonds. The lowest BCUT2D eigenvalue weighted by Gasteiger charge is -2.53. The van der Waals surface area contributed by atoms with Gasteiger partial charge in [-0.2, -0.15) is 0 Å². The van der Waals surface area contributed by atoms with E-state index in [1.807, 2.05) is 26.8 Å². The number of ether oxygens (including phenoxy) is 3. The highest BCUT2D eigenvalue weighted by molar-refractivity contribution is 6.09. The number of H-pyrrole nitrogens is 1. The number of nitrogens with one attached hydrogen (secondary N) is 2. The SMILES string of the molecule is C/C=C\C=C/C1OC(O)(C(CC)C(=O)NC/C=C\C=C(\C)C(OC)C(C)C2OC(\C=C/C=C\C=C(\C)C(=O)c3c(O)cc[nH]c3=O)C(O)C2O)C(O)C(O)C1(C)C. The Bertz CT molecular complexity index is 1810. The van der Waals surface area contributed by atoms with Crippen molar-refractivity contribution in [2.75, 3.05) is 13.7 Å². The Morgan fingerprint density at radius 1 is 1.00 bits per heavy atom. The number of carbonyl (C=O) groups excluding carboxylic acids is 2. The molecule has 0 aliphatic carbocycles. The van der Waals surface area contributed by atoms with Crippen LogP contribution in [0.4, 0.5) is 0 Å². The number of carbonyl (C=O) groups is 2. The quantitative estimate of drug-likeness (QED) is 0.0647. The Hall–Kier alpha value is -4.25. The second kappa shape index (κ2) is 21.0. The summed E-state index contributed by atoms with van der Waals surface area (Å²) in [5.41, 5.74) is -1.02. The number of hydrogen-bond acceptors (Lipinski definition) is 12. The molecule has 11 unspecified atom stereocenters. The zero-order valence-electron chi connectivity index (χ0n) is 33.9. The number of pyridine rings is 1. The molecule has 0 bridgehead atoms. The van der Waals surface area contributed by atoms with Crippen LogP contribution in [0.2, 0.25) is 0 Å². The number of ketones is 1. The maximum Gasteiger partial charge on any atom is 0.262 e. The molecule has 11 atom stereocenters. The number of Topliss-reactive ketones (excluding diaryl/α,β-unsaturated/α-hetero) is 1. The van der Waals surface area contributed by atoms with E-state index in [0.717, 1.165) is 5.57 Å². The zero-order valence-corrected chi connectivity index (χ0v) is 33.9. The van der Waals surface area contributed by atoms with E-state index in [4.69, 9.17) is 14.2 Å². The van der Waals surface area contributed by atoms with Crippen LogP contribution in [0.5, 0.6) is 5.75 Å². The van der Waals surface area contributed by atoms with E-state index in [-0.39, 0.29) is 24.1 Å². The van der Waals surface area contributed by atoms with Gasteiger partial charge in [0.1, 0.15) is 35.7 Å². The molecule has 1 aromatic heterocycles. The van der Waals surface area contributed by atoms with E-state index >= 15 is 0 Å². The summed E-state index contributed by atoms with van der Waals surface area (Å²) in [6.07, 6.45) is 12.8. The van der Waals surface area contributed by atoms with Gasteiger partial charge in [0.25, 0.3) is 5.56 Å². The number of hydrogen-bond donors (Lipinski definition) is 8. The van der Waals surface area contributed by atoms with Crippen molar-refractivity contribution in [3.8, 4) is 5.75 Å². The summed E-state index contributed by atoms with van der Waals surface area (Å²) in [7, 11) is 1.52. The molecule has 2 saturated heterocycles. The van der Waals surface area contributed by atoms with Gasteiger partial charge in [0.05, 0.1) is 30.3 Å². The van der Waals surface area contributed by atoms with Crippen LogP contribution in [-0.4, -0.2) is 116 Å². The second-order valence-corrected chi connectivity index (χ2v) is 15.0. The Morgan fingerprint density at radius 3 is 2.32 bits per heavy atom. The first kappa shape index (κ1) is 47.1. The van der Waals surface area contributed by atoms with E-state index in [1.54, 1.807) is 81.5 Å².